The Labute approximate surface area is 198 Å². The number of aliphatic carboxylic acids is 1. The molecule has 14 heteroatoms. The van der Waals surface area contributed by atoms with Crippen LogP contribution in [0.1, 0.15) is 36.0 Å². The minimum atomic E-state index is -1.30. The summed E-state index contributed by atoms with van der Waals surface area (Å²) in [6.07, 6.45) is 0.0937. The first-order valence-electron chi connectivity index (χ1n) is 10.4. The maximum Gasteiger partial charge on any atom is 0.358 e. The molecule has 5 amide bonds. The number of carboxylic acids is 1. The van der Waals surface area contributed by atoms with Gasteiger partial charge in [0.25, 0.3) is 5.91 Å². The highest BCUT2D eigenvalue weighted by atomic mass is 35.5. The Hall–Kier alpha value is -3.87. The van der Waals surface area contributed by atoms with Crippen molar-refractivity contribution in [2.45, 2.75) is 37.8 Å². The Morgan fingerprint density at radius 1 is 1.26 bits per heavy atom. The number of hydrogen-bond donors (Lipinski definition) is 4. The average molecular weight is 495 g/mol. The molecule has 1 aromatic carbocycles. The van der Waals surface area contributed by atoms with Gasteiger partial charge < -0.3 is 21.0 Å². The first-order valence-corrected chi connectivity index (χ1v) is 10.7. The number of nitrogens with two attached hydrogens (primary N) is 1. The van der Waals surface area contributed by atoms with E-state index in [4.69, 9.17) is 22.4 Å². The second-order valence-corrected chi connectivity index (χ2v) is 8.14. The zero-order valence-corrected chi connectivity index (χ0v) is 18.7. The number of benzene rings is 1. The van der Waals surface area contributed by atoms with E-state index in [1.54, 1.807) is 0 Å². The van der Waals surface area contributed by atoms with Crippen LogP contribution in [-0.4, -0.2) is 81.3 Å². The van der Waals surface area contributed by atoms with Gasteiger partial charge in [-0.15, -0.1) is 0 Å². The lowest BCUT2D eigenvalue weighted by Gasteiger charge is -2.42. The number of urea groups is 1. The van der Waals surface area contributed by atoms with Gasteiger partial charge in [-0.3, -0.25) is 24.6 Å². The Morgan fingerprint density at radius 3 is 2.65 bits per heavy atom. The normalized spacial score (nSPS) is 19.1. The number of aldehydes is 1. The summed E-state index contributed by atoms with van der Waals surface area (Å²) in [6, 6.07) is 0.842. The fourth-order valence-electron chi connectivity index (χ4n) is 3.67. The zero-order valence-electron chi connectivity index (χ0n) is 17.9. The standard InChI is InChI=1S/C20H23ClN6O7/c21-13-8-11(3-4-14(13)22)18(32)24-25-7-5-16(29)26-6-1-2-15(27(26)20(25)34)19(33)23-12(10-28)9-17(30)31/h3-4,8,10,12,15H,1-2,5-7,9,22H2,(H,23,33)(H,24,32)(H,30,31). The number of fused-ring (bicyclic) bond motifs is 1. The number of halogens is 1. The van der Waals surface area contributed by atoms with Gasteiger partial charge in [0.1, 0.15) is 12.3 Å². The highest BCUT2D eigenvalue weighted by Gasteiger charge is 2.44. The number of nitrogens with zero attached hydrogens (tertiary/aromatic N) is 3. The molecule has 2 aliphatic rings. The molecule has 0 aromatic heterocycles. The number of hydrogen-bond acceptors (Lipinski definition) is 7. The number of amides is 5. The van der Waals surface area contributed by atoms with Crippen molar-refractivity contribution in [2.75, 3.05) is 18.8 Å². The molecule has 3 rings (SSSR count). The van der Waals surface area contributed by atoms with Crippen LogP contribution in [0.15, 0.2) is 18.2 Å². The number of hydrazine groups is 2. The van der Waals surface area contributed by atoms with Crippen LogP contribution in [0.3, 0.4) is 0 Å². The van der Waals surface area contributed by atoms with Gasteiger partial charge in [-0.05, 0) is 31.0 Å². The van der Waals surface area contributed by atoms with Crippen molar-refractivity contribution in [2.24, 2.45) is 0 Å². The number of carbonyl (C=O) groups excluding carboxylic acids is 5. The van der Waals surface area contributed by atoms with Crippen molar-refractivity contribution in [1.82, 2.24) is 25.8 Å². The molecule has 2 atom stereocenters. The molecular weight excluding hydrogens is 472 g/mol. The highest BCUT2D eigenvalue weighted by Crippen LogP contribution is 2.24. The maximum absolute atomic E-state index is 13.3. The van der Waals surface area contributed by atoms with Crippen molar-refractivity contribution >= 4 is 53.3 Å². The fourth-order valence-corrected chi connectivity index (χ4v) is 3.85. The largest absolute Gasteiger partial charge is 0.481 e. The maximum atomic E-state index is 13.3. The second kappa shape index (κ2) is 10.4. The van der Waals surface area contributed by atoms with Crippen molar-refractivity contribution in [3.8, 4) is 0 Å². The van der Waals surface area contributed by atoms with E-state index < -0.39 is 48.2 Å². The van der Waals surface area contributed by atoms with Crippen LogP contribution in [0, 0.1) is 0 Å². The van der Waals surface area contributed by atoms with Crippen molar-refractivity contribution in [3.63, 3.8) is 0 Å². The SMILES string of the molecule is Nc1ccc(C(=O)NN2CCC(=O)N3CCCC(C(=O)NC(C=O)CC(=O)O)N3C2=O)cc1Cl. The van der Waals surface area contributed by atoms with Gasteiger partial charge in [0, 0.05) is 18.5 Å². The monoisotopic (exact) mass is 494 g/mol. The van der Waals surface area contributed by atoms with Gasteiger partial charge in [0.2, 0.25) is 11.8 Å². The van der Waals surface area contributed by atoms with E-state index in [0.29, 0.717) is 6.42 Å². The molecule has 0 aliphatic carbocycles. The van der Waals surface area contributed by atoms with E-state index in [9.17, 15) is 28.8 Å². The molecule has 0 spiro atoms. The summed E-state index contributed by atoms with van der Waals surface area (Å²) in [5, 5.41) is 14.3. The van der Waals surface area contributed by atoms with Gasteiger partial charge in [-0.1, -0.05) is 11.6 Å². The molecular formula is C20H23ClN6O7. The number of anilines is 1. The summed E-state index contributed by atoms with van der Waals surface area (Å²) in [6.45, 7) is 0.0272. The van der Waals surface area contributed by atoms with Crippen molar-refractivity contribution in [3.05, 3.63) is 28.8 Å². The van der Waals surface area contributed by atoms with Crippen LogP contribution in [0.5, 0.6) is 0 Å². The van der Waals surface area contributed by atoms with E-state index >= 15 is 0 Å². The minimum Gasteiger partial charge on any atom is -0.481 e. The predicted molar refractivity (Wildman–Crippen MR) is 117 cm³/mol. The lowest BCUT2D eigenvalue weighted by Crippen LogP contribution is -2.64. The Morgan fingerprint density at radius 2 is 2.00 bits per heavy atom. The molecule has 2 unspecified atom stereocenters. The fraction of sp³-hybridized carbons (Fsp3) is 0.400. The van der Waals surface area contributed by atoms with Crippen molar-refractivity contribution in [1.29, 1.82) is 0 Å². The van der Waals surface area contributed by atoms with Gasteiger partial charge >= 0.3 is 12.0 Å². The molecule has 0 saturated carbocycles. The first kappa shape index (κ1) is 24.8. The Bertz CT molecular complexity index is 1030. The van der Waals surface area contributed by atoms with Gasteiger partial charge in [0.05, 0.1) is 29.7 Å². The second-order valence-electron chi connectivity index (χ2n) is 7.73. The molecule has 182 valence electrons. The lowest BCUT2D eigenvalue weighted by atomic mass is 10.1. The Kier molecular flexibility index (Phi) is 7.56. The summed E-state index contributed by atoms with van der Waals surface area (Å²) in [5.74, 6) is -3.20. The van der Waals surface area contributed by atoms with E-state index in [-0.39, 0.29) is 48.5 Å². The third kappa shape index (κ3) is 5.36. The molecule has 34 heavy (non-hydrogen) atoms. The number of nitrogen functional groups attached to an aromatic ring is 1. The Balaban J connectivity index is 1.82. The third-order valence-corrected chi connectivity index (χ3v) is 5.68. The summed E-state index contributed by atoms with van der Waals surface area (Å²) >= 11 is 5.95. The smallest absolute Gasteiger partial charge is 0.358 e. The van der Waals surface area contributed by atoms with Gasteiger partial charge in [-0.25, -0.2) is 19.8 Å². The van der Waals surface area contributed by atoms with Gasteiger partial charge in [0.15, 0.2) is 0 Å². The first-order chi connectivity index (χ1) is 16.1. The predicted octanol–water partition coefficient (Wildman–Crippen LogP) is -0.241. The van der Waals surface area contributed by atoms with Crippen LogP contribution in [-0.2, 0) is 19.2 Å². The van der Waals surface area contributed by atoms with Crippen LogP contribution < -0.4 is 16.5 Å². The quantitative estimate of drug-likeness (QED) is 0.295. The summed E-state index contributed by atoms with van der Waals surface area (Å²) < 4.78 is 0. The van der Waals surface area contributed by atoms with Crippen LogP contribution in [0.4, 0.5) is 10.5 Å². The van der Waals surface area contributed by atoms with Gasteiger partial charge in [-0.2, -0.15) is 0 Å². The molecule has 2 fully saturated rings. The molecule has 0 radical (unpaired) electrons. The third-order valence-electron chi connectivity index (χ3n) is 5.36. The number of rotatable bonds is 7. The molecule has 5 N–H and O–H groups in total. The summed E-state index contributed by atoms with van der Waals surface area (Å²) in [4.78, 5) is 73.6. The summed E-state index contributed by atoms with van der Waals surface area (Å²) in [7, 11) is 0. The van der Waals surface area contributed by atoms with Crippen LogP contribution in [0.2, 0.25) is 5.02 Å². The van der Waals surface area contributed by atoms with E-state index in [2.05, 4.69) is 10.7 Å². The summed E-state index contributed by atoms with van der Waals surface area (Å²) in [5.41, 5.74) is 8.46. The molecule has 2 saturated heterocycles. The van der Waals surface area contributed by atoms with E-state index in [1.807, 2.05) is 0 Å². The van der Waals surface area contributed by atoms with Crippen molar-refractivity contribution < 1.29 is 33.9 Å². The van der Waals surface area contributed by atoms with Crippen LogP contribution in [0.25, 0.3) is 0 Å². The zero-order chi connectivity index (χ0) is 25.0. The van der Waals surface area contributed by atoms with Crippen LogP contribution >= 0.6 is 11.6 Å². The molecule has 2 heterocycles. The lowest BCUT2D eigenvalue weighted by molar-refractivity contribution is -0.155. The molecule has 2 aliphatic heterocycles. The van der Waals surface area contributed by atoms with E-state index in [0.717, 1.165) is 15.0 Å². The number of nitrogens with one attached hydrogen (secondary N) is 2. The number of carbonyl (C=O) groups is 6. The molecule has 13 nitrogen and oxygen atoms in total. The topological polar surface area (TPSA) is 182 Å². The number of carboxylic acid groups (broad SMARTS) is 1. The molecule has 0 bridgehead atoms. The average Bonchev–Trinajstić information content (AvgIpc) is 2.92. The molecule has 1 aromatic rings. The minimum absolute atomic E-state index is 0.116. The van der Waals surface area contributed by atoms with E-state index in [1.165, 1.54) is 18.2 Å². The highest BCUT2D eigenvalue weighted by molar-refractivity contribution is 6.33.